The summed E-state index contributed by atoms with van der Waals surface area (Å²) < 4.78 is 13.0. The van der Waals surface area contributed by atoms with Crippen molar-refractivity contribution >= 4 is 5.97 Å². The Morgan fingerprint density at radius 1 is 1.40 bits per heavy atom. The summed E-state index contributed by atoms with van der Waals surface area (Å²) in [4.78, 5) is 28.9. The van der Waals surface area contributed by atoms with Gasteiger partial charge in [0.05, 0.1) is 0 Å². The molecule has 0 aliphatic rings. The van der Waals surface area contributed by atoms with Crippen molar-refractivity contribution in [2.24, 2.45) is 0 Å². The third-order valence-corrected chi connectivity index (χ3v) is 2.79. The number of aromatic nitrogens is 2. The summed E-state index contributed by atoms with van der Waals surface area (Å²) in [5, 5.41) is 8.57. The molecule has 0 amide bonds. The molecule has 0 aliphatic carbocycles. The van der Waals surface area contributed by atoms with E-state index in [4.69, 9.17) is 5.11 Å². The summed E-state index contributed by atoms with van der Waals surface area (Å²) in [6.45, 7) is 0. The van der Waals surface area contributed by atoms with Gasteiger partial charge < -0.3 is 10.1 Å². The summed E-state index contributed by atoms with van der Waals surface area (Å²) in [5.74, 6) is -0.893. The minimum absolute atomic E-state index is 0.117. The van der Waals surface area contributed by atoms with Crippen LogP contribution in [0, 0.1) is 5.82 Å². The number of carboxylic acids is 1. The molecule has 0 saturated carbocycles. The van der Waals surface area contributed by atoms with E-state index in [0.717, 1.165) is 0 Å². The lowest BCUT2D eigenvalue weighted by Gasteiger charge is -2.03. The molecule has 0 bridgehead atoms. The molecule has 0 aliphatic heterocycles. The Bertz CT molecular complexity index is 682. The molecule has 2 rings (SSSR count). The Labute approximate surface area is 114 Å². The van der Waals surface area contributed by atoms with Crippen LogP contribution in [0.1, 0.15) is 23.4 Å². The second-order valence-electron chi connectivity index (χ2n) is 4.38. The fourth-order valence-corrected chi connectivity index (χ4v) is 1.81. The first-order valence-corrected chi connectivity index (χ1v) is 6.08. The number of halogens is 1. The van der Waals surface area contributed by atoms with E-state index in [0.29, 0.717) is 23.4 Å². The maximum atomic E-state index is 13.0. The highest BCUT2D eigenvalue weighted by molar-refractivity contribution is 5.67. The summed E-state index contributed by atoms with van der Waals surface area (Å²) in [6, 6.07) is 6.04. The van der Waals surface area contributed by atoms with Crippen LogP contribution in [0.25, 0.3) is 0 Å². The zero-order valence-electron chi connectivity index (χ0n) is 10.6. The third-order valence-electron chi connectivity index (χ3n) is 2.79. The van der Waals surface area contributed by atoms with E-state index in [2.05, 4.69) is 9.97 Å². The first-order chi connectivity index (χ1) is 9.54. The molecule has 1 heterocycles. The molecule has 0 spiro atoms. The lowest BCUT2D eigenvalue weighted by atomic mass is 10.1. The zero-order chi connectivity index (χ0) is 14.5. The molecule has 104 valence electrons. The lowest BCUT2D eigenvalue weighted by molar-refractivity contribution is -0.136. The van der Waals surface area contributed by atoms with Gasteiger partial charge in [-0.05, 0) is 24.1 Å². The maximum Gasteiger partial charge on any atom is 0.303 e. The number of hydrogen-bond donors (Lipinski definition) is 2. The van der Waals surface area contributed by atoms with Gasteiger partial charge in [-0.25, -0.2) is 9.37 Å². The van der Waals surface area contributed by atoms with Gasteiger partial charge in [0.2, 0.25) is 0 Å². The number of rotatable bonds is 5. The summed E-state index contributed by atoms with van der Waals surface area (Å²) in [5.41, 5.74) is 0.675. The number of aromatic amines is 1. The normalized spacial score (nSPS) is 10.4. The van der Waals surface area contributed by atoms with Gasteiger partial charge in [-0.15, -0.1) is 0 Å². The molecule has 5 nitrogen and oxygen atoms in total. The molecule has 0 saturated heterocycles. The number of benzene rings is 1. The van der Waals surface area contributed by atoms with Crippen molar-refractivity contribution in [2.75, 3.05) is 0 Å². The molecule has 2 aromatic rings. The number of nitrogens with zero attached hydrogens (tertiary/aromatic N) is 1. The molecular weight excluding hydrogens is 263 g/mol. The van der Waals surface area contributed by atoms with Crippen LogP contribution in [0.3, 0.4) is 0 Å². The molecule has 0 radical (unpaired) electrons. The molecule has 1 aromatic heterocycles. The number of carboxylic acid groups (broad SMARTS) is 1. The minimum atomic E-state index is -0.965. The second kappa shape index (κ2) is 6.10. The molecule has 0 fully saturated rings. The maximum absolute atomic E-state index is 13.0. The van der Waals surface area contributed by atoms with Crippen LogP contribution >= 0.6 is 0 Å². The van der Waals surface area contributed by atoms with Gasteiger partial charge in [0.15, 0.2) is 0 Å². The van der Waals surface area contributed by atoms with Crippen molar-refractivity contribution in [3.05, 3.63) is 63.6 Å². The predicted molar refractivity (Wildman–Crippen MR) is 70.0 cm³/mol. The third kappa shape index (κ3) is 3.74. The summed E-state index contributed by atoms with van der Waals surface area (Å²) >= 11 is 0. The number of hydrogen-bond acceptors (Lipinski definition) is 3. The van der Waals surface area contributed by atoms with E-state index in [-0.39, 0.29) is 24.2 Å². The smallest absolute Gasteiger partial charge is 0.303 e. The minimum Gasteiger partial charge on any atom is -0.481 e. The Kier molecular flexibility index (Phi) is 4.24. The van der Waals surface area contributed by atoms with Crippen LogP contribution in [-0.4, -0.2) is 21.0 Å². The molecule has 0 unspecified atom stereocenters. The van der Waals surface area contributed by atoms with Crippen molar-refractivity contribution in [3.8, 4) is 0 Å². The highest BCUT2D eigenvalue weighted by Gasteiger charge is 2.06. The molecule has 0 atom stereocenters. The Balaban J connectivity index is 2.13. The standard InChI is InChI=1S/C14H13FN2O3/c15-11-3-1-2-9(6-11)7-12-16-8-10(14(20)17-12)4-5-13(18)19/h1-3,6,8H,4-5,7H2,(H,18,19)(H,16,17,20). The van der Waals surface area contributed by atoms with E-state index in [1.807, 2.05) is 0 Å². The van der Waals surface area contributed by atoms with E-state index in [1.54, 1.807) is 12.1 Å². The first kappa shape index (κ1) is 13.9. The van der Waals surface area contributed by atoms with Gasteiger partial charge in [-0.3, -0.25) is 9.59 Å². The molecule has 6 heteroatoms. The highest BCUT2D eigenvalue weighted by Crippen LogP contribution is 2.07. The zero-order valence-corrected chi connectivity index (χ0v) is 10.6. The van der Waals surface area contributed by atoms with E-state index < -0.39 is 5.97 Å². The van der Waals surface area contributed by atoms with Gasteiger partial charge in [0, 0.05) is 24.6 Å². The molecule has 1 aromatic carbocycles. The molecular formula is C14H13FN2O3. The van der Waals surface area contributed by atoms with Gasteiger partial charge >= 0.3 is 5.97 Å². The van der Waals surface area contributed by atoms with Crippen LogP contribution < -0.4 is 5.56 Å². The van der Waals surface area contributed by atoms with Crippen molar-refractivity contribution in [2.45, 2.75) is 19.3 Å². The Morgan fingerprint density at radius 2 is 2.20 bits per heavy atom. The van der Waals surface area contributed by atoms with Gasteiger partial charge in [-0.1, -0.05) is 12.1 Å². The summed E-state index contributed by atoms with van der Waals surface area (Å²) in [7, 11) is 0. The summed E-state index contributed by atoms with van der Waals surface area (Å²) in [6.07, 6.45) is 1.70. The quantitative estimate of drug-likeness (QED) is 0.867. The van der Waals surface area contributed by atoms with Crippen LogP contribution in [0.15, 0.2) is 35.3 Å². The van der Waals surface area contributed by atoms with E-state index >= 15 is 0 Å². The lowest BCUT2D eigenvalue weighted by Crippen LogP contribution is -2.17. The number of aryl methyl sites for hydroxylation is 1. The predicted octanol–water partition coefficient (Wildman–Crippen LogP) is 1.52. The largest absolute Gasteiger partial charge is 0.481 e. The second-order valence-corrected chi connectivity index (χ2v) is 4.38. The number of aliphatic carboxylic acids is 1. The van der Waals surface area contributed by atoms with Crippen LogP contribution in [0.2, 0.25) is 0 Å². The van der Waals surface area contributed by atoms with Crippen molar-refractivity contribution in [1.82, 2.24) is 9.97 Å². The number of H-pyrrole nitrogens is 1. The van der Waals surface area contributed by atoms with Crippen molar-refractivity contribution in [3.63, 3.8) is 0 Å². The van der Waals surface area contributed by atoms with E-state index in [1.165, 1.54) is 18.3 Å². The SMILES string of the molecule is O=C(O)CCc1cnc(Cc2cccc(F)c2)[nH]c1=O. The fraction of sp³-hybridized carbons (Fsp3) is 0.214. The van der Waals surface area contributed by atoms with Crippen LogP contribution in [0.5, 0.6) is 0 Å². The van der Waals surface area contributed by atoms with E-state index in [9.17, 15) is 14.0 Å². The fourth-order valence-electron chi connectivity index (χ4n) is 1.81. The van der Waals surface area contributed by atoms with Crippen molar-refractivity contribution < 1.29 is 14.3 Å². The van der Waals surface area contributed by atoms with Crippen molar-refractivity contribution in [1.29, 1.82) is 0 Å². The molecule has 2 N–H and O–H groups in total. The highest BCUT2D eigenvalue weighted by atomic mass is 19.1. The number of nitrogens with one attached hydrogen (secondary N) is 1. The van der Waals surface area contributed by atoms with Crippen LogP contribution in [-0.2, 0) is 17.6 Å². The average molecular weight is 276 g/mol. The Morgan fingerprint density at radius 3 is 2.85 bits per heavy atom. The number of carbonyl (C=O) groups is 1. The Hall–Kier alpha value is -2.50. The van der Waals surface area contributed by atoms with Gasteiger partial charge in [-0.2, -0.15) is 0 Å². The average Bonchev–Trinajstić information content (AvgIpc) is 2.37. The topological polar surface area (TPSA) is 83.0 Å². The van der Waals surface area contributed by atoms with Crippen LogP contribution in [0.4, 0.5) is 4.39 Å². The van der Waals surface area contributed by atoms with Gasteiger partial charge in [0.25, 0.3) is 5.56 Å². The monoisotopic (exact) mass is 276 g/mol. The molecule has 20 heavy (non-hydrogen) atoms. The van der Waals surface area contributed by atoms with Gasteiger partial charge in [0.1, 0.15) is 11.6 Å². The first-order valence-electron chi connectivity index (χ1n) is 6.08.